The van der Waals surface area contributed by atoms with Crippen molar-refractivity contribution in [3.8, 4) is 0 Å². The predicted octanol–water partition coefficient (Wildman–Crippen LogP) is 2.30. The van der Waals surface area contributed by atoms with Gasteiger partial charge in [0.2, 0.25) is 5.91 Å². The highest BCUT2D eigenvalue weighted by Gasteiger charge is 2.43. The van der Waals surface area contributed by atoms with Gasteiger partial charge in [0.1, 0.15) is 6.04 Å². The lowest BCUT2D eigenvalue weighted by Gasteiger charge is -2.26. The first-order valence-corrected chi connectivity index (χ1v) is 6.60. The third-order valence-electron chi connectivity index (χ3n) is 4.06. The van der Waals surface area contributed by atoms with Gasteiger partial charge in [0.15, 0.2) is 0 Å². The molecule has 0 aliphatic carbocycles. The smallest absolute Gasteiger partial charge is 0.358 e. The summed E-state index contributed by atoms with van der Waals surface area (Å²) in [7, 11) is 1.71. The van der Waals surface area contributed by atoms with Crippen LogP contribution in [-0.4, -0.2) is 37.0 Å². The zero-order chi connectivity index (χ0) is 14.5. The predicted molar refractivity (Wildman–Crippen MR) is 68.5 cm³/mol. The van der Waals surface area contributed by atoms with Gasteiger partial charge in [0.05, 0.1) is 11.3 Å². The van der Waals surface area contributed by atoms with E-state index >= 15 is 0 Å². The Balaban J connectivity index is 2.09. The van der Waals surface area contributed by atoms with Crippen molar-refractivity contribution in [2.24, 2.45) is 0 Å². The molecule has 1 fully saturated rings. The Morgan fingerprint density at radius 2 is 2.00 bits per heavy atom. The van der Waals surface area contributed by atoms with E-state index in [2.05, 4.69) is 0 Å². The molecule has 20 heavy (non-hydrogen) atoms. The van der Waals surface area contributed by atoms with Gasteiger partial charge < -0.3 is 9.80 Å². The number of halogens is 3. The largest absolute Gasteiger partial charge is 0.418 e. The van der Waals surface area contributed by atoms with Crippen LogP contribution in [0.15, 0.2) is 18.2 Å². The second kappa shape index (κ2) is 4.40. The average Bonchev–Trinajstić information content (AvgIpc) is 2.69. The summed E-state index contributed by atoms with van der Waals surface area (Å²) in [6, 6.07) is 3.72. The second-order valence-corrected chi connectivity index (χ2v) is 5.34. The van der Waals surface area contributed by atoms with Crippen LogP contribution in [0.2, 0.25) is 0 Å². The zero-order valence-electron chi connectivity index (χ0n) is 11.1. The molecule has 108 valence electrons. The maximum atomic E-state index is 13.2. The van der Waals surface area contributed by atoms with E-state index in [1.54, 1.807) is 22.9 Å². The van der Waals surface area contributed by atoms with E-state index in [1.165, 1.54) is 6.07 Å². The van der Waals surface area contributed by atoms with Crippen molar-refractivity contribution in [2.75, 3.05) is 25.0 Å². The van der Waals surface area contributed by atoms with Gasteiger partial charge in [-0.15, -0.1) is 0 Å². The van der Waals surface area contributed by atoms with Crippen molar-refractivity contribution in [2.45, 2.75) is 25.1 Å². The van der Waals surface area contributed by atoms with Crippen LogP contribution >= 0.6 is 0 Å². The number of fused-ring (bicyclic) bond motifs is 3. The van der Waals surface area contributed by atoms with Crippen LogP contribution < -0.4 is 4.90 Å². The molecule has 1 atom stereocenters. The average molecular weight is 284 g/mol. The zero-order valence-corrected chi connectivity index (χ0v) is 11.1. The Labute approximate surface area is 115 Å². The van der Waals surface area contributed by atoms with Gasteiger partial charge in [0, 0.05) is 26.6 Å². The molecular formula is C14H15F3N2O. The maximum absolute atomic E-state index is 13.2. The molecule has 3 rings (SSSR count). The molecule has 2 aliphatic rings. The molecule has 1 aromatic carbocycles. The molecule has 0 spiro atoms. The number of hydrogen-bond acceptors (Lipinski definition) is 2. The molecule has 0 bridgehead atoms. The highest BCUT2D eigenvalue weighted by molar-refractivity contribution is 5.89. The fourth-order valence-electron chi connectivity index (χ4n) is 3.13. The molecule has 1 aromatic rings. The molecule has 3 nitrogen and oxygen atoms in total. The monoisotopic (exact) mass is 284 g/mol. The molecule has 2 aliphatic heterocycles. The van der Waals surface area contributed by atoms with Gasteiger partial charge in [-0.05, 0) is 18.1 Å². The summed E-state index contributed by atoms with van der Waals surface area (Å²) in [6.07, 6.45) is -3.34. The van der Waals surface area contributed by atoms with Gasteiger partial charge in [-0.2, -0.15) is 13.2 Å². The maximum Gasteiger partial charge on any atom is 0.418 e. The Bertz CT molecular complexity index is 556. The van der Waals surface area contributed by atoms with Gasteiger partial charge in [-0.25, -0.2) is 0 Å². The molecule has 1 amide bonds. The van der Waals surface area contributed by atoms with E-state index in [0.717, 1.165) is 6.07 Å². The first kappa shape index (κ1) is 13.3. The number of nitrogens with zero attached hydrogens (tertiary/aromatic N) is 2. The number of amides is 1. The highest BCUT2D eigenvalue weighted by atomic mass is 19.4. The Kier molecular flexibility index (Phi) is 2.92. The summed E-state index contributed by atoms with van der Waals surface area (Å²) in [4.78, 5) is 15.5. The summed E-state index contributed by atoms with van der Waals surface area (Å²) in [6.45, 7) is 1.08. The lowest BCUT2D eigenvalue weighted by atomic mass is 10.1. The summed E-state index contributed by atoms with van der Waals surface area (Å²) < 4.78 is 39.5. The van der Waals surface area contributed by atoms with E-state index in [0.29, 0.717) is 31.5 Å². The number of likely N-dealkylation sites (N-methyl/N-ethyl adjacent to an activating group) is 1. The molecular weight excluding hydrogens is 269 g/mol. The minimum absolute atomic E-state index is 0.0909. The minimum atomic E-state index is -4.39. The van der Waals surface area contributed by atoms with Crippen molar-refractivity contribution < 1.29 is 18.0 Å². The molecule has 6 heteroatoms. The quantitative estimate of drug-likeness (QED) is 0.730. The molecule has 0 saturated carbocycles. The first-order valence-electron chi connectivity index (χ1n) is 6.60. The third kappa shape index (κ3) is 1.94. The molecule has 1 saturated heterocycles. The number of hydrogen-bond donors (Lipinski definition) is 0. The van der Waals surface area contributed by atoms with E-state index in [1.807, 2.05) is 0 Å². The van der Waals surface area contributed by atoms with Crippen LogP contribution in [0.1, 0.15) is 17.5 Å². The summed E-state index contributed by atoms with van der Waals surface area (Å²) >= 11 is 0. The van der Waals surface area contributed by atoms with Crippen molar-refractivity contribution in [3.63, 3.8) is 0 Å². The van der Waals surface area contributed by atoms with Gasteiger partial charge in [-0.1, -0.05) is 12.1 Å². The Morgan fingerprint density at radius 1 is 1.25 bits per heavy atom. The second-order valence-electron chi connectivity index (χ2n) is 5.34. The number of alkyl halides is 3. The SMILES string of the molecule is CN1CCCN2c3c(cccc3C(F)(F)F)CC2C1=O. The van der Waals surface area contributed by atoms with Crippen molar-refractivity contribution in [3.05, 3.63) is 29.3 Å². The van der Waals surface area contributed by atoms with Crippen molar-refractivity contribution in [1.82, 2.24) is 4.90 Å². The number of para-hydroxylation sites is 1. The number of benzene rings is 1. The van der Waals surface area contributed by atoms with Crippen molar-refractivity contribution in [1.29, 1.82) is 0 Å². The number of anilines is 1. The molecule has 0 N–H and O–H groups in total. The van der Waals surface area contributed by atoms with Crippen LogP contribution in [0.4, 0.5) is 18.9 Å². The standard InChI is InChI=1S/C14H15F3N2O/c1-18-6-3-7-19-11(13(18)20)8-9-4-2-5-10(12(9)19)14(15,16)17/h2,4-5,11H,3,6-8H2,1H3. The lowest BCUT2D eigenvalue weighted by molar-refractivity contribution is -0.137. The van der Waals surface area contributed by atoms with Crippen LogP contribution in [-0.2, 0) is 17.4 Å². The minimum Gasteiger partial charge on any atom is -0.358 e. The van der Waals surface area contributed by atoms with Crippen LogP contribution in [0, 0.1) is 0 Å². The molecule has 0 radical (unpaired) electrons. The summed E-state index contributed by atoms with van der Waals surface area (Å²) in [5.74, 6) is -0.0909. The number of carbonyl (C=O) groups is 1. The van der Waals surface area contributed by atoms with Crippen LogP contribution in [0.25, 0.3) is 0 Å². The summed E-state index contributed by atoms with van der Waals surface area (Å²) in [5, 5.41) is 0. The molecule has 1 unspecified atom stereocenters. The van der Waals surface area contributed by atoms with Gasteiger partial charge >= 0.3 is 6.18 Å². The molecule has 0 aromatic heterocycles. The fourth-order valence-corrected chi connectivity index (χ4v) is 3.13. The number of rotatable bonds is 0. The van der Waals surface area contributed by atoms with Crippen LogP contribution in [0.5, 0.6) is 0 Å². The first-order chi connectivity index (χ1) is 9.39. The van der Waals surface area contributed by atoms with Crippen molar-refractivity contribution >= 4 is 11.6 Å². The fraction of sp³-hybridized carbons (Fsp3) is 0.500. The Morgan fingerprint density at radius 3 is 2.70 bits per heavy atom. The van der Waals surface area contributed by atoms with Gasteiger partial charge in [-0.3, -0.25) is 4.79 Å². The third-order valence-corrected chi connectivity index (χ3v) is 4.06. The normalized spacial score (nSPS) is 22.6. The van der Waals surface area contributed by atoms with Crippen LogP contribution in [0.3, 0.4) is 0 Å². The summed E-state index contributed by atoms with van der Waals surface area (Å²) in [5.41, 5.74) is 0.192. The van der Waals surface area contributed by atoms with E-state index < -0.39 is 17.8 Å². The molecule has 2 heterocycles. The van der Waals surface area contributed by atoms with E-state index in [-0.39, 0.29) is 11.6 Å². The van der Waals surface area contributed by atoms with Gasteiger partial charge in [0.25, 0.3) is 0 Å². The highest BCUT2D eigenvalue weighted by Crippen LogP contribution is 2.43. The lowest BCUT2D eigenvalue weighted by Crippen LogP contribution is -2.43. The Hall–Kier alpha value is -1.72. The number of carbonyl (C=O) groups excluding carboxylic acids is 1. The van der Waals surface area contributed by atoms with E-state index in [9.17, 15) is 18.0 Å². The topological polar surface area (TPSA) is 23.6 Å². The van der Waals surface area contributed by atoms with E-state index in [4.69, 9.17) is 0 Å².